The molecule has 0 saturated heterocycles. The first-order valence-corrected chi connectivity index (χ1v) is 7.86. The number of amides is 2. The summed E-state index contributed by atoms with van der Waals surface area (Å²) in [4.78, 5) is 29.8. The minimum Gasteiger partial charge on any atom is -0.369 e. The number of hydrogen-bond acceptors (Lipinski definition) is 6. The van der Waals surface area contributed by atoms with Gasteiger partial charge in [0.2, 0.25) is 11.7 Å². The van der Waals surface area contributed by atoms with E-state index in [1.807, 2.05) is 0 Å². The van der Waals surface area contributed by atoms with Gasteiger partial charge in [0.1, 0.15) is 5.82 Å². The van der Waals surface area contributed by atoms with Crippen molar-refractivity contribution in [2.45, 2.75) is 25.8 Å². The largest absolute Gasteiger partial charge is 0.369 e. The van der Waals surface area contributed by atoms with Gasteiger partial charge in [-0.05, 0) is 32.0 Å². The average molecular weight is 359 g/mol. The highest BCUT2D eigenvalue weighted by Gasteiger charge is 2.38. The molecule has 0 aliphatic carbocycles. The van der Waals surface area contributed by atoms with Crippen LogP contribution in [0.15, 0.2) is 33.8 Å². The fraction of sp³-hybridized carbons (Fsp3) is 0.294. The summed E-state index contributed by atoms with van der Waals surface area (Å²) >= 11 is 0. The Labute approximate surface area is 148 Å². The molecule has 0 fully saturated rings. The molecule has 0 spiro atoms. The second-order valence-corrected chi connectivity index (χ2v) is 6.35. The molecule has 1 atom stereocenters. The number of nitrogens with zero attached hydrogens (tertiary/aromatic N) is 3. The quantitative estimate of drug-likeness (QED) is 0.867. The Kier molecular flexibility index (Phi) is 4.23. The first-order chi connectivity index (χ1) is 12.2. The van der Waals surface area contributed by atoms with Crippen molar-refractivity contribution in [3.05, 3.63) is 47.1 Å². The lowest BCUT2D eigenvalue weighted by Crippen LogP contribution is -2.47. The molecule has 1 aromatic heterocycles. The fourth-order valence-corrected chi connectivity index (χ4v) is 2.74. The van der Waals surface area contributed by atoms with E-state index in [1.165, 1.54) is 36.2 Å². The van der Waals surface area contributed by atoms with Crippen LogP contribution in [0, 0.1) is 12.7 Å². The summed E-state index contributed by atoms with van der Waals surface area (Å²) in [6.45, 7) is 3.31. The van der Waals surface area contributed by atoms with Gasteiger partial charge in [-0.1, -0.05) is 5.16 Å². The van der Waals surface area contributed by atoms with E-state index in [1.54, 1.807) is 13.8 Å². The van der Waals surface area contributed by atoms with Crippen LogP contribution in [0.2, 0.25) is 0 Å². The van der Waals surface area contributed by atoms with Crippen molar-refractivity contribution in [1.29, 1.82) is 0 Å². The number of guanidine groups is 1. The summed E-state index contributed by atoms with van der Waals surface area (Å²) in [5.41, 5.74) is 5.67. The summed E-state index contributed by atoms with van der Waals surface area (Å²) in [6.07, 6.45) is -0.0418. The Morgan fingerprint density at radius 2 is 2.15 bits per heavy atom. The molecular formula is C17H18FN5O3. The maximum Gasteiger partial charge on any atom is 0.294 e. The number of carbonyl (C=O) groups is 2. The van der Waals surface area contributed by atoms with Crippen LogP contribution in [0.5, 0.6) is 0 Å². The predicted octanol–water partition coefficient (Wildman–Crippen LogP) is 1.77. The number of aryl methyl sites for hydroxylation is 1. The first kappa shape index (κ1) is 17.6. The van der Waals surface area contributed by atoms with Crippen LogP contribution in [0.25, 0.3) is 0 Å². The van der Waals surface area contributed by atoms with Crippen molar-refractivity contribution in [2.24, 2.45) is 10.7 Å². The van der Waals surface area contributed by atoms with E-state index < -0.39 is 17.3 Å². The lowest BCUT2D eigenvalue weighted by atomic mass is 9.87. The zero-order valence-electron chi connectivity index (χ0n) is 14.5. The number of nitrogens with two attached hydrogens (primary N) is 1. The van der Waals surface area contributed by atoms with Gasteiger partial charge in [0, 0.05) is 24.4 Å². The number of anilines is 1. The molecule has 0 saturated carbocycles. The third-order valence-electron chi connectivity index (χ3n) is 4.23. The number of halogens is 1. The van der Waals surface area contributed by atoms with Crippen molar-refractivity contribution < 1.29 is 18.5 Å². The van der Waals surface area contributed by atoms with E-state index in [2.05, 4.69) is 15.5 Å². The van der Waals surface area contributed by atoms with E-state index in [9.17, 15) is 14.0 Å². The van der Waals surface area contributed by atoms with Crippen LogP contribution in [-0.4, -0.2) is 34.9 Å². The monoisotopic (exact) mass is 359 g/mol. The summed E-state index contributed by atoms with van der Waals surface area (Å²) in [7, 11) is 1.51. The molecule has 26 heavy (non-hydrogen) atoms. The summed E-state index contributed by atoms with van der Waals surface area (Å²) < 4.78 is 19.3. The molecule has 9 heteroatoms. The summed E-state index contributed by atoms with van der Waals surface area (Å²) in [5, 5.41) is 6.26. The molecule has 3 N–H and O–H groups in total. The highest BCUT2D eigenvalue weighted by Crippen LogP contribution is 2.35. The fourth-order valence-electron chi connectivity index (χ4n) is 2.74. The van der Waals surface area contributed by atoms with Gasteiger partial charge in [-0.15, -0.1) is 0 Å². The SMILES string of the molecule is Cc1cc(C(=O)Nc2ccc(F)c(C3(C)CC(=O)N(C)C(N)=N3)c2)on1. The van der Waals surface area contributed by atoms with E-state index >= 15 is 0 Å². The maximum absolute atomic E-state index is 14.4. The van der Waals surface area contributed by atoms with E-state index in [-0.39, 0.29) is 29.6 Å². The Bertz CT molecular complexity index is 923. The minimum absolute atomic E-state index is 0.00900. The molecule has 136 valence electrons. The standard InChI is InChI=1S/C17H18FN5O3/c1-9-6-13(26-22-9)15(25)20-10-4-5-12(18)11(7-10)17(2)8-14(24)23(3)16(19)21-17/h4-7H,8H2,1-3H3,(H2,19,21)(H,20,25). The zero-order valence-corrected chi connectivity index (χ0v) is 14.5. The molecular weight excluding hydrogens is 341 g/mol. The van der Waals surface area contributed by atoms with E-state index in [0.717, 1.165) is 0 Å². The van der Waals surface area contributed by atoms with Gasteiger partial charge in [-0.2, -0.15) is 0 Å². The molecule has 2 heterocycles. The lowest BCUT2D eigenvalue weighted by Gasteiger charge is -2.34. The number of benzene rings is 1. The van der Waals surface area contributed by atoms with Gasteiger partial charge in [0.05, 0.1) is 17.7 Å². The highest BCUT2D eigenvalue weighted by molar-refractivity contribution is 6.02. The molecule has 2 aromatic rings. The smallest absolute Gasteiger partial charge is 0.294 e. The number of rotatable bonds is 3. The Hall–Kier alpha value is -3.23. The Morgan fingerprint density at radius 1 is 1.42 bits per heavy atom. The molecule has 1 unspecified atom stereocenters. The molecule has 1 aliphatic rings. The Balaban J connectivity index is 1.93. The molecule has 2 amide bonds. The van der Waals surface area contributed by atoms with Crippen LogP contribution < -0.4 is 11.1 Å². The number of hydrogen-bond donors (Lipinski definition) is 2. The second kappa shape index (κ2) is 6.25. The zero-order chi connectivity index (χ0) is 19.1. The molecule has 3 rings (SSSR count). The number of nitrogens with one attached hydrogen (secondary N) is 1. The molecule has 0 bridgehead atoms. The normalized spacial score (nSPS) is 20.1. The summed E-state index contributed by atoms with van der Waals surface area (Å²) in [5.74, 6) is -1.29. The topological polar surface area (TPSA) is 114 Å². The minimum atomic E-state index is -1.17. The van der Waals surface area contributed by atoms with Crippen LogP contribution in [0.3, 0.4) is 0 Å². The third kappa shape index (κ3) is 3.15. The van der Waals surface area contributed by atoms with Crippen molar-refractivity contribution in [2.75, 3.05) is 12.4 Å². The van der Waals surface area contributed by atoms with Gasteiger partial charge in [0.25, 0.3) is 5.91 Å². The van der Waals surface area contributed by atoms with Gasteiger partial charge < -0.3 is 15.6 Å². The van der Waals surface area contributed by atoms with Gasteiger partial charge in [-0.3, -0.25) is 14.5 Å². The van der Waals surface area contributed by atoms with Crippen molar-refractivity contribution in [3.63, 3.8) is 0 Å². The van der Waals surface area contributed by atoms with Gasteiger partial charge in [0.15, 0.2) is 5.96 Å². The van der Waals surface area contributed by atoms with Gasteiger partial charge >= 0.3 is 0 Å². The predicted molar refractivity (Wildman–Crippen MR) is 92.0 cm³/mol. The lowest BCUT2D eigenvalue weighted by molar-refractivity contribution is -0.128. The number of aliphatic imine (C=N–C) groups is 1. The van der Waals surface area contributed by atoms with E-state index in [0.29, 0.717) is 11.4 Å². The highest BCUT2D eigenvalue weighted by atomic mass is 19.1. The second-order valence-electron chi connectivity index (χ2n) is 6.35. The molecule has 1 aliphatic heterocycles. The van der Waals surface area contributed by atoms with Crippen LogP contribution in [0.1, 0.15) is 35.2 Å². The maximum atomic E-state index is 14.4. The van der Waals surface area contributed by atoms with Crippen LogP contribution >= 0.6 is 0 Å². The molecule has 8 nitrogen and oxygen atoms in total. The summed E-state index contributed by atoms with van der Waals surface area (Å²) in [6, 6.07) is 5.54. The Morgan fingerprint density at radius 3 is 2.77 bits per heavy atom. The van der Waals surface area contributed by atoms with Crippen molar-refractivity contribution in [3.8, 4) is 0 Å². The first-order valence-electron chi connectivity index (χ1n) is 7.86. The molecule has 1 aromatic carbocycles. The average Bonchev–Trinajstić information content (AvgIpc) is 3.01. The van der Waals surface area contributed by atoms with Crippen molar-refractivity contribution in [1.82, 2.24) is 10.1 Å². The van der Waals surface area contributed by atoms with Crippen LogP contribution in [-0.2, 0) is 10.3 Å². The number of aromatic nitrogens is 1. The van der Waals surface area contributed by atoms with E-state index in [4.69, 9.17) is 10.3 Å². The van der Waals surface area contributed by atoms with Crippen LogP contribution in [0.4, 0.5) is 10.1 Å². The third-order valence-corrected chi connectivity index (χ3v) is 4.23. The number of carbonyl (C=O) groups excluding carboxylic acids is 2. The van der Waals surface area contributed by atoms with Gasteiger partial charge in [-0.25, -0.2) is 9.38 Å². The molecule has 0 radical (unpaired) electrons. The van der Waals surface area contributed by atoms with Crippen molar-refractivity contribution >= 4 is 23.5 Å².